The van der Waals surface area contributed by atoms with Crippen molar-refractivity contribution in [1.82, 2.24) is 9.55 Å². The van der Waals surface area contributed by atoms with Gasteiger partial charge in [-0.25, -0.2) is 0 Å². The second-order valence-corrected chi connectivity index (χ2v) is 7.37. The van der Waals surface area contributed by atoms with E-state index in [-0.39, 0.29) is 23.2 Å². The van der Waals surface area contributed by atoms with Gasteiger partial charge in [0, 0.05) is 24.0 Å². The number of aromatic hydroxyl groups is 2. The molecule has 158 valence electrons. The second kappa shape index (κ2) is 9.26. The fraction of sp³-hybridized carbons (Fsp3) is 0.160. The van der Waals surface area contributed by atoms with Crippen molar-refractivity contribution in [3.05, 3.63) is 99.7 Å². The zero-order valence-electron chi connectivity index (χ0n) is 17.7. The number of carbonyl (C=O) groups is 1. The fourth-order valence-corrected chi connectivity index (χ4v) is 3.17. The Kier molecular flexibility index (Phi) is 6.50. The van der Waals surface area contributed by atoms with Crippen LogP contribution in [0.4, 0.5) is 0 Å². The first-order valence-electron chi connectivity index (χ1n) is 9.83. The Balaban J connectivity index is 2.26. The van der Waals surface area contributed by atoms with Crippen LogP contribution in [0.25, 0.3) is 10.9 Å². The van der Waals surface area contributed by atoms with E-state index in [1.54, 1.807) is 42.0 Å². The van der Waals surface area contributed by atoms with Gasteiger partial charge in [-0.1, -0.05) is 35.9 Å². The summed E-state index contributed by atoms with van der Waals surface area (Å²) in [7, 11) is 0. The van der Waals surface area contributed by atoms with Crippen molar-refractivity contribution < 1.29 is 15.0 Å². The van der Waals surface area contributed by atoms with Crippen LogP contribution in [0.3, 0.4) is 0 Å². The molecule has 0 spiro atoms. The number of hydrogen-bond donors (Lipinski definition) is 2. The fourth-order valence-electron chi connectivity index (χ4n) is 3.17. The Bertz CT molecular complexity index is 1280. The number of phenolic OH excluding ortho intramolecular Hbond substituents is 2. The predicted octanol–water partition coefficient (Wildman–Crippen LogP) is 4.51. The van der Waals surface area contributed by atoms with Crippen molar-refractivity contribution in [2.24, 2.45) is 0 Å². The molecule has 0 aliphatic rings. The Morgan fingerprint density at radius 1 is 1.13 bits per heavy atom. The topological polar surface area (TPSA) is 92.4 Å². The highest BCUT2D eigenvalue weighted by Crippen LogP contribution is 2.29. The van der Waals surface area contributed by atoms with E-state index in [0.717, 1.165) is 5.57 Å². The molecule has 0 saturated heterocycles. The average molecular weight is 416 g/mol. The molecule has 1 aromatic carbocycles. The number of hydrogen-bond acceptors (Lipinski definition) is 5. The van der Waals surface area contributed by atoms with Gasteiger partial charge in [-0.3, -0.25) is 14.6 Å². The third-order valence-corrected chi connectivity index (χ3v) is 4.68. The Morgan fingerprint density at radius 3 is 2.52 bits per heavy atom. The number of fused-ring (bicyclic) bond motifs is 1. The van der Waals surface area contributed by atoms with E-state index in [9.17, 15) is 19.8 Å². The van der Waals surface area contributed by atoms with Crippen molar-refractivity contribution in [2.45, 2.75) is 27.3 Å². The minimum absolute atomic E-state index is 0.0278. The Hall–Kier alpha value is -3.93. The van der Waals surface area contributed by atoms with E-state index in [4.69, 9.17) is 0 Å². The van der Waals surface area contributed by atoms with Gasteiger partial charge in [0.15, 0.2) is 17.3 Å². The van der Waals surface area contributed by atoms with E-state index in [1.807, 2.05) is 32.1 Å². The smallest absolute Gasteiger partial charge is 0.200 e. The standard InChI is InChI=1S/C25H24N2O4/c1-4-7-17(10-9-16(2)3)24(30)20-15-27(14-18-8-5-6-11-26-18)21-13-23(29)22(28)12-19(21)25(20)31/h4-13,15,28-29H,14H2,1-3H3/b7-4+,17-10+. The molecule has 0 bridgehead atoms. The molecule has 3 aromatic rings. The lowest BCUT2D eigenvalue weighted by Crippen LogP contribution is -2.20. The molecule has 6 nitrogen and oxygen atoms in total. The molecule has 0 atom stereocenters. The summed E-state index contributed by atoms with van der Waals surface area (Å²) in [5.41, 5.74) is 1.95. The second-order valence-electron chi connectivity index (χ2n) is 7.37. The van der Waals surface area contributed by atoms with Crippen LogP contribution >= 0.6 is 0 Å². The van der Waals surface area contributed by atoms with Crippen LogP contribution < -0.4 is 5.43 Å². The largest absolute Gasteiger partial charge is 0.504 e. The number of Topliss-reactive ketones (excluding diaryl/α,β-unsaturated/α-hetero) is 1. The van der Waals surface area contributed by atoms with E-state index in [1.165, 1.54) is 18.3 Å². The highest BCUT2D eigenvalue weighted by Gasteiger charge is 2.19. The minimum Gasteiger partial charge on any atom is -0.504 e. The van der Waals surface area contributed by atoms with Crippen molar-refractivity contribution >= 4 is 16.7 Å². The summed E-state index contributed by atoms with van der Waals surface area (Å²) >= 11 is 0. The first kappa shape index (κ1) is 21.8. The zero-order valence-corrected chi connectivity index (χ0v) is 17.7. The van der Waals surface area contributed by atoms with Gasteiger partial charge in [0.05, 0.1) is 28.7 Å². The maximum atomic E-state index is 13.3. The van der Waals surface area contributed by atoms with Gasteiger partial charge in [-0.2, -0.15) is 0 Å². The predicted molar refractivity (Wildman–Crippen MR) is 122 cm³/mol. The molecule has 0 amide bonds. The summed E-state index contributed by atoms with van der Waals surface area (Å²) in [6, 6.07) is 7.96. The van der Waals surface area contributed by atoms with Gasteiger partial charge >= 0.3 is 0 Å². The molecule has 2 heterocycles. The minimum atomic E-state index is -0.514. The molecule has 0 aliphatic carbocycles. The number of rotatable bonds is 6. The summed E-state index contributed by atoms with van der Waals surface area (Å²) in [4.78, 5) is 30.8. The quantitative estimate of drug-likeness (QED) is 0.267. The molecule has 0 unspecified atom stereocenters. The molecular weight excluding hydrogens is 392 g/mol. The SMILES string of the molecule is C/C=C/C(=C\C=C(C)C)C(=O)c1cn(Cc2ccccn2)c2cc(O)c(O)cc2c1=O. The van der Waals surface area contributed by atoms with E-state index in [0.29, 0.717) is 16.8 Å². The van der Waals surface area contributed by atoms with Gasteiger partial charge in [-0.15, -0.1) is 0 Å². The molecule has 31 heavy (non-hydrogen) atoms. The number of phenols is 2. The summed E-state index contributed by atoms with van der Waals surface area (Å²) in [5.74, 6) is -1.20. The van der Waals surface area contributed by atoms with Crippen LogP contribution in [0.5, 0.6) is 11.5 Å². The molecular formula is C25H24N2O4. The highest BCUT2D eigenvalue weighted by molar-refractivity contribution is 6.11. The molecule has 2 N–H and O–H groups in total. The van der Waals surface area contributed by atoms with Gasteiger partial charge in [-0.05, 0) is 39.0 Å². The van der Waals surface area contributed by atoms with Crippen LogP contribution in [0.1, 0.15) is 36.8 Å². The molecule has 0 saturated carbocycles. The van der Waals surface area contributed by atoms with Gasteiger partial charge in [0.1, 0.15) is 0 Å². The van der Waals surface area contributed by atoms with E-state index >= 15 is 0 Å². The van der Waals surface area contributed by atoms with E-state index < -0.39 is 17.0 Å². The molecule has 3 rings (SSSR count). The normalized spacial score (nSPS) is 11.8. The van der Waals surface area contributed by atoms with Crippen LogP contribution in [0.2, 0.25) is 0 Å². The maximum absolute atomic E-state index is 13.3. The van der Waals surface area contributed by atoms with Gasteiger partial charge in [0.25, 0.3) is 0 Å². The lowest BCUT2D eigenvalue weighted by molar-refractivity contribution is 0.103. The number of aromatic nitrogens is 2. The monoisotopic (exact) mass is 416 g/mol. The first-order chi connectivity index (χ1) is 14.8. The highest BCUT2D eigenvalue weighted by atomic mass is 16.3. The lowest BCUT2D eigenvalue weighted by atomic mass is 10.0. The Labute approximate surface area is 180 Å². The number of nitrogens with zero attached hydrogens (tertiary/aromatic N) is 2. The van der Waals surface area contributed by atoms with E-state index in [2.05, 4.69) is 4.98 Å². The van der Waals surface area contributed by atoms with Crippen molar-refractivity contribution in [1.29, 1.82) is 0 Å². The van der Waals surface area contributed by atoms with Crippen LogP contribution in [-0.4, -0.2) is 25.5 Å². The van der Waals surface area contributed by atoms with Crippen molar-refractivity contribution in [3.8, 4) is 11.5 Å². The number of pyridine rings is 2. The Morgan fingerprint density at radius 2 is 1.87 bits per heavy atom. The third-order valence-electron chi connectivity index (χ3n) is 4.68. The van der Waals surface area contributed by atoms with Crippen molar-refractivity contribution in [3.63, 3.8) is 0 Å². The lowest BCUT2D eigenvalue weighted by Gasteiger charge is -2.14. The van der Waals surface area contributed by atoms with Gasteiger partial charge in [0.2, 0.25) is 5.43 Å². The third kappa shape index (κ3) is 4.80. The summed E-state index contributed by atoms with van der Waals surface area (Å²) in [5, 5.41) is 20.1. The van der Waals surface area contributed by atoms with Crippen LogP contribution in [0.15, 0.2) is 83.0 Å². The molecule has 2 aromatic heterocycles. The zero-order chi connectivity index (χ0) is 22.5. The van der Waals surface area contributed by atoms with Crippen LogP contribution in [0, 0.1) is 0 Å². The summed E-state index contributed by atoms with van der Waals surface area (Å²) < 4.78 is 1.68. The number of ketones is 1. The van der Waals surface area contributed by atoms with Gasteiger partial charge < -0.3 is 14.8 Å². The maximum Gasteiger partial charge on any atom is 0.200 e. The van der Waals surface area contributed by atoms with Crippen molar-refractivity contribution in [2.75, 3.05) is 0 Å². The molecule has 6 heteroatoms. The molecule has 0 aliphatic heterocycles. The number of carbonyl (C=O) groups excluding carboxylic acids is 1. The number of benzene rings is 1. The molecule has 0 radical (unpaired) electrons. The summed E-state index contributed by atoms with van der Waals surface area (Å²) in [6.07, 6.45) is 10.0. The summed E-state index contributed by atoms with van der Waals surface area (Å²) in [6.45, 7) is 5.90. The average Bonchev–Trinajstić information content (AvgIpc) is 2.74. The number of allylic oxidation sites excluding steroid dienone is 6. The molecule has 0 fully saturated rings. The van der Waals surface area contributed by atoms with Crippen LogP contribution in [-0.2, 0) is 6.54 Å². The first-order valence-corrected chi connectivity index (χ1v) is 9.83.